The zero-order valence-corrected chi connectivity index (χ0v) is 19.5. The van der Waals surface area contributed by atoms with E-state index in [2.05, 4.69) is 5.32 Å². The zero-order valence-electron chi connectivity index (χ0n) is 19.5. The predicted octanol–water partition coefficient (Wildman–Crippen LogP) is 4.38. The van der Waals surface area contributed by atoms with Crippen molar-refractivity contribution in [2.24, 2.45) is 0 Å². The Morgan fingerprint density at radius 1 is 1.03 bits per heavy atom. The molecule has 0 spiro atoms. The van der Waals surface area contributed by atoms with Crippen molar-refractivity contribution in [2.75, 3.05) is 30.5 Å². The van der Waals surface area contributed by atoms with Crippen LogP contribution in [0.25, 0.3) is 0 Å². The van der Waals surface area contributed by atoms with Crippen molar-refractivity contribution in [3.63, 3.8) is 0 Å². The molecule has 1 aliphatic rings. The summed E-state index contributed by atoms with van der Waals surface area (Å²) in [7, 11) is 1.60. The van der Waals surface area contributed by atoms with Gasteiger partial charge >= 0.3 is 0 Å². The summed E-state index contributed by atoms with van der Waals surface area (Å²) in [5.74, 6) is 1.78. The maximum absolute atomic E-state index is 12.8. The topological polar surface area (TPSA) is 77.1 Å². The normalized spacial score (nSPS) is 14.7. The molecule has 3 aromatic carbocycles. The largest absolute Gasteiger partial charge is 0.497 e. The minimum atomic E-state index is -0.628. The molecule has 34 heavy (non-hydrogen) atoms. The Bertz CT molecular complexity index is 1160. The fourth-order valence-electron chi connectivity index (χ4n) is 3.74. The van der Waals surface area contributed by atoms with E-state index >= 15 is 0 Å². The van der Waals surface area contributed by atoms with E-state index in [9.17, 15) is 9.59 Å². The Morgan fingerprint density at radius 2 is 1.74 bits per heavy atom. The van der Waals surface area contributed by atoms with Crippen LogP contribution in [0.1, 0.15) is 18.1 Å². The Hall–Kier alpha value is -4.00. The predicted molar refractivity (Wildman–Crippen MR) is 131 cm³/mol. The molecule has 0 aliphatic carbocycles. The summed E-state index contributed by atoms with van der Waals surface area (Å²) in [6.45, 7) is 4.47. The van der Waals surface area contributed by atoms with Gasteiger partial charge in [0.1, 0.15) is 23.9 Å². The minimum Gasteiger partial charge on any atom is -0.497 e. The van der Waals surface area contributed by atoms with Crippen LogP contribution in [0, 0.1) is 6.92 Å². The maximum Gasteiger partial charge on any atom is 0.267 e. The number of benzene rings is 3. The van der Waals surface area contributed by atoms with Crippen LogP contribution in [0.4, 0.5) is 11.4 Å². The number of carbonyl (C=O) groups is 2. The molecular formula is C27H28N2O5. The number of nitrogens with zero attached hydrogens (tertiary/aromatic N) is 1. The van der Waals surface area contributed by atoms with Crippen molar-refractivity contribution in [1.29, 1.82) is 0 Å². The van der Waals surface area contributed by atoms with E-state index in [4.69, 9.17) is 14.2 Å². The number of anilines is 2. The smallest absolute Gasteiger partial charge is 0.267 e. The Kier molecular flexibility index (Phi) is 7.01. The number of carbonyl (C=O) groups excluding carboxylic acids is 2. The molecule has 0 radical (unpaired) electrons. The van der Waals surface area contributed by atoms with Crippen molar-refractivity contribution in [3.8, 4) is 17.2 Å². The van der Waals surface area contributed by atoms with Crippen molar-refractivity contribution in [1.82, 2.24) is 0 Å². The highest BCUT2D eigenvalue weighted by Gasteiger charge is 2.31. The van der Waals surface area contributed by atoms with Gasteiger partial charge in [0.2, 0.25) is 5.91 Å². The van der Waals surface area contributed by atoms with E-state index in [0.717, 1.165) is 22.6 Å². The SMILES string of the molecule is COc1ccc(CC(=O)Nc2ccc3c(c2)OC(C)C(=O)N3CCOc2ccc(C)cc2)cc1. The van der Waals surface area contributed by atoms with E-state index in [1.807, 2.05) is 55.5 Å². The fourth-order valence-corrected chi connectivity index (χ4v) is 3.74. The Balaban J connectivity index is 1.41. The molecule has 2 amide bonds. The van der Waals surface area contributed by atoms with Crippen molar-refractivity contribution < 1.29 is 23.8 Å². The molecule has 1 unspecified atom stereocenters. The van der Waals surface area contributed by atoms with Gasteiger partial charge in [-0.05, 0) is 55.8 Å². The third-order valence-corrected chi connectivity index (χ3v) is 5.58. The number of ether oxygens (including phenoxy) is 3. The van der Waals surface area contributed by atoms with Gasteiger partial charge in [0.05, 0.1) is 25.8 Å². The van der Waals surface area contributed by atoms with Crippen molar-refractivity contribution in [2.45, 2.75) is 26.4 Å². The third kappa shape index (κ3) is 5.49. The van der Waals surface area contributed by atoms with E-state index in [-0.39, 0.29) is 18.2 Å². The summed E-state index contributed by atoms with van der Waals surface area (Å²) < 4.78 is 16.8. The first-order chi connectivity index (χ1) is 16.4. The number of rotatable bonds is 8. The lowest BCUT2D eigenvalue weighted by Gasteiger charge is -2.33. The lowest BCUT2D eigenvalue weighted by atomic mass is 10.1. The highest BCUT2D eigenvalue weighted by atomic mass is 16.5. The lowest BCUT2D eigenvalue weighted by Crippen LogP contribution is -2.46. The molecular weight excluding hydrogens is 432 g/mol. The summed E-state index contributed by atoms with van der Waals surface area (Å²) in [6, 6.07) is 20.5. The van der Waals surface area contributed by atoms with Gasteiger partial charge in [0.25, 0.3) is 5.91 Å². The van der Waals surface area contributed by atoms with Gasteiger partial charge in [-0.25, -0.2) is 0 Å². The molecule has 4 rings (SSSR count). The summed E-state index contributed by atoms with van der Waals surface area (Å²) in [5.41, 5.74) is 3.30. The van der Waals surface area contributed by atoms with Crippen LogP contribution in [-0.2, 0) is 16.0 Å². The molecule has 1 heterocycles. The molecule has 0 saturated heterocycles. The van der Waals surface area contributed by atoms with Crippen LogP contribution in [-0.4, -0.2) is 38.2 Å². The number of hydrogen-bond donors (Lipinski definition) is 1. The van der Waals surface area contributed by atoms with Crippen LogP contribution in [0.3, 0.4) is 0 Å². The number of amides is 2. The molecule has 0 aromatic heterocycles. The highest BCUT2D eigenvalue weighted by Crippen LogP contribution is 2.36. The van der Waals surface area contributed by atoms with Gasteiger partial charge in [0.15, 0.2) is 6.10 Å². The van der Waals surface area contributed by atoms with Crippen LogP contribution < -0.4 is 24.4 Å². The first-order valence-electron chi connectivity index (χ1n) is 11.2. The summed E-state index contributed by atoms with van der Waals surface area (Å²) in [6.07, 6.45) is -0.392. The van der Waals surface area contributed by atoms with Gasteiger partial charge in [-0.1, -0.05) is 29.8 Å². The van der Waals surface area contributed by atoms with Crippen LogP contribution in [0.5, 0.6) is 17.2 Å². The molecule has 1 N–H and O–H groups in total. The average molecular weight is 461 g/mol. The average Bonchev–Trinajstić information content (AvgIpc) is 2.83. The maximum atomic E-state index is 12.8. The Labute approximate surface area is 199 Å². The number of fused-ring (bicyclic) bond motifs is 1. The number of nitrogens with one attached hydrogen (secondary N) is 1. The number of aryl methyl sites for hydroxylation is 1. The summed E-state index contributed by atoms with van der Waals surface area (Å²) >= 11 is 0. The Morgan fingerprint density at radius 3 is 2.44 bits per heavy atom. The van der Waals surface area contributed by atoms with Gasteiger partial charge in [-0.15, -0.1) is 0 Å². The van der Waals surface area contributed by atoms with E-state index in [0.29, 0.717) is 30.3 Å². The second-order valence-electron chi connectivity index (χ2n) is 8.17. The first kappa shape index (κ1) is 23.2. The standard InChI is InChI=1S/C27H28N2O5/c1-18-4-9-23(10-5-18)33-15-14-29-24-13-8-21(17-25(24)34-19(2)27(29)31)28-26(30)16-20-6-11-22(32-3)12-7-20/h4-13,17,19H,14-16H2,1-3H3,(H,28,30). The van der Waals surface area contributed by atoms with Crippen molar-refractivity contribution >= 4 is 23.2 Å². The monoisotopic (exact) mass is 460 g/mol. The van der Waals surface area contributed by atoms with E-state index in [1.54, 1.807) is 37.1 Å². The molecule has 3 aromatic rings. The van der Waals surface area contributed by atoms with Crippen LogP contribution in [0.15, 0.2) is 66.7 Å². The number of methoxy groups -OCH3 is 1. The number of hydrogen-bond acceptors (Lipinski definition) is 5. The third-order valence-electron chi connectivity index (χ3n) is 5.58. The first-order valence-corrected chi connectivity index (χ1v) is 11.2. The van der Waals surface area contributed by atoms with Crippen LogP contribution >= 0.6 is 0 Å². The van der Waals surface area contributed by atoms with Crippen molar-refractivity contribution in [3.05, 3.63) is 77.9 Å². The summed E-state index contributed by atoms with van der Waals surface area (Å²) in [4.78, 5) is 26.9. The molecule has 0 saturated carbocycles. The lowest BCUT2D eigenvalue weighted by molar-refractivity contribution is -0.125. The molecule has 1 aliphatic heterocycles. The molecule has 7 heteroatoms. The second kappa shape index (κ2) is 10.3. The van der Waals surface area contributed by atoms with E-state index < -0.39 is 6.10 Å². The molecule has 0 fully saturated rings. The summed E-state index contributed by atoms with van der Waals surface area (Å²) in [5, 5.41) is 2.90. The fraction of sp³-hybridized carbons (Fsp3) is 0.259. The molecule has 7 nitrogen and oxygen atoms in total. The van der Waals surface area contributed by atoms with Gasteiger partial charge < -0.3 is 24.4 Å². The second-order valence-corrected chi connectivity index (χ2v) is 8.17. The van der Waals surface area contributed by atoms with Gasteiger partial charge in [-0.3, -0.25) is 9.59 Å². The quantitative estimate of drug-likeness (QED) is 0.540. The zero-order chi connectivity index (χ0) is 24.1. The van der Waals surface area contributed by atoms with Gasteiger partial charge in [-0.2, -0.15) is 0 Å². The molecule has 0 bridgehead atoms. The van der Waals surface area contributed by atoms with E-state index in [1.165, 1.54) is 0 Å². The van der Waals surface area contributed by atoms with Gasteiger partial charge in [0, 0.05) is 11.8 Å². The highest BCUT2D eigenvalue weighted by molar-refractivity contribution is 6.00. The molecule has 1 atom stereocenters. The minimum absolute atomic E-state index is 0.128. The molecule has 176 valence electrons. The van der Waals surface area contributed by atoms with Crippen LogP contribution in [0.2, 0.25) is 0 Å².